The van der Waals surface area contributed by atoms with Crippen molar-refractivity contribution in [2.45, 2.75) is 25.6 Å². The molecule has 8 heteroatoms. The van der Waals surface area contributed by atoms with E-state index < -0.39 is 12.6 Å². The van der Waals surface area contributed by atoms with Gasteiger partial charge in [-0.1, -0.05) is 0 Å². The van der Waals surface area contributed by atoms with Gasteiger partial charge in [0, 0.05) is 19.4 Å². The molecule has 1 aliphatic heterocycles. The lowest BCUT2D eigenvalue weighted by atomic mass is 10.2. The first-order valence-corrected chi connectivity index (χ1v) is 5.34. The molecule has 1 aromatic rings. The number of imidazole rings is 1. The number of rotatable bonds is 4. The molecule has 0 radical (unpaired) electrons. The number of hydrogen-bond donors (Lipinski definition) is 1. The molecular weight excluding hydrogens is 246 g/mol. The van der Waals surface area contributed by atoms with Crippen LogP contribution in [0.2, 0.25) is 0 Å². The monoisotopic (exact) mass is 258 g/mol. The summed E-state index contributed by atoms with van der Waals surface area (Å²) in [6.45, 7) is -2.66. The zero-order valence-corrected chi connectivity index (χ0v) is 9.64. The molecule has 1 atom stereocenters. The van der Waals surface area contributed by atoms with Gasteiger partial charge in [-0.15, -0.1) is 0 Å². The zero-order chi connectivity index (χ0) is 13.3. The van der Waals surface area contributed by atoms with Crippen LogP contribution in [0, 0.1) is 0 Å². The van der Waals surface area contributed by atoms with Gasteiger partial charge in [-0.05, 0) is 0 Å². The van der Waals surface area contributed by atoms with Gasteiger partial charge in [0.1, 0.15) is 5.82 Å². The average molecular weight is 258 g/mol. The molecule has 2 rings (SSSR count). The van der Waals surface area contributed by atoms with Gasteiger partial charge in [0.25, 0.3) is 0 Å². The van der Waals surface area contributed by atoms with Crippen molar-refractivity contribution in [3.05, 3.63) is 18.2 Å². The molecule has 0 aromatic carbocycles. The molecule has 18 heavy (non-hydrogen) atoms. The first-order valence-electron chi connectivity index (χ1n) is 5.34. The molecule has 2 amide bonds. The topological polar surface area (TPSA) is 67.2 Å². The van der Waals surface area contributed by atoms with Gasteiger partial charge in [-0.3, -0.25) is 24.4 Å². The Balaban J connectivity index is 1.98. The third-order valence-electron chi connectivity index (χ3n) is 2.85. The number of hydrogen-bond acceptors (Lipinski definition) is 4. The van der Waals surface area contributed by atoms with Crippen molar-refractivity contribution < 1.29 is 18.4 Å². The van der Waals surface area contributed by atoms with Crippen LogP contribution < -0.4 is 5.32 Å². The molecule has 6 nitrogen and oxygen atoms in total. The van der Waals surface area contributed by atoms with Crippen LogP contribution in [0.4, 0.5) is 8.78 Å². The van der Waals surface area contributed by atoms with E-state index in [1.807, 2.05) is 0 Å². The number of alkyl halides is 2. The van der Waals surface area contributed by atoms with Gasteiger partial charge in [0.05, 0.1) is 19.0 Å². The van der Waals surface area contributed by atoms with Crippen LogP contribution in [0.25, 0.3) is 0 Å². The number of nitrogens with one attached hydrogen (secondary N) is 1. The van der Waals surface area contributed by atoms with Gasteiger partial charge in [0.15, 0.2) is 0 Å². The van der Waals surface area contributed by atoms with E-state index in [1.165, 1.54) is 13.2 Å². The first-order chi connectivity index (χ1) is 8.50. The van der Waals surface area contributed by atoms with Crippen LogP contribution in [0.5, 0.6) is 0 Å². The summed E-state index contributed by atoms with van der Waals surface area (Å²) in [4.78, 5) is 27.6. The lowest BCUT2D eigenvalue weighted by Crippen LogP contribution is -2.37. The highest BCUT2D eigenvalue weighted by Crippen LogP contribution is 2.14. The van der Waals surface area contributed by atoms with Gasteiger partial charge in [-0.2, -0.15) is 8.78 Å². The summed E-state index contributed by atoms with van der Waals surface area (Å²) in [6.07, 6.45) is 2.47. The van der Waals surface area contributed by atoms with Crippen molar-refractivity contribution in [2.24, 2.45) is 0 Å². The summed E-state index contributed by atoms with van der Waals surface area (Å²) in [7, 11) is 1.40. The molecule has 1 unspecified atom stereocenters. The average Bonchev–Trinajstić information content (AvgIpc) is 2.88. The van der Waals surface area contributed by atoms with E-state index in [-0.39, 0.29) is 30.6 Å². The van der Waals surface area contributed by atoms with E-state index in [2.05, 4.69) is 10.3 Å². The standard InChI is InChI=1S/C10H12F2N4O2/c1-15-8(17)4-6(9(15)18)14-5-7-13-2-3-16(7)10(11)12/h2-3,6,10,14H,4-5H2,1H3. The Labute approximate surface area is 102 Å². The van der Waals surface area contributed by atoms with Crippen molar-refractivity contribution in [3.8, 4) is 0 Å². The number of aromatic nitrogens is 2. The van der Waals surface area contributed by atoms with Crippen molar-refractivity contribution in [1.29, 1.82) is 0 Å². The Kier molecular flexibility index (Phi) is 3.37. The number of halogens is 2. The van der Waals surface area contributed by atoms with E-state index in [4.69, 9.17) is 0 Å². The molecule has 1 fully saturated rings. The molecule has 1 N–H and O–H groups in total. The van der Waals surface area contributed by atoms with Crippen molar-refractivity contribution in [1.82, 2.24) is 19.8 Å². The van der Waals surface area contributed by atoms with Crippen molar-refractivity contribution in [3.63, 3.8) is 0 Å². The summed E-state index contributed by atoms with van der Waals surface area (Å²) in [5.41, 5.74) is 0. The fourth-order valence-corrected chi connectivity index (χ4v) is 1.79. The Hall–Kier alpha value is -1.83. The molecule has 98 valence electrons. The van der Waals surface area contributed by atoms with Crippen LogP contribution in [0.15, 0.2) is 12.4 Å². The predicted octanol–water partition coefficient (Wildman–Crippen LogP) is 0.125. The maximum Gasteiger partial charge on any atom is 0.319 e. The van der Waals surface area contributed by atoms with Crippen LogP contribution in [0.1, 0.15) is 18.8 Å². The summed E-state index contributed by atoms with van der Waals surface area (Å²) >= 11 is 0. The first kappa shape index (κ1) is 12.6. The molecule has 0 bridgehead atoms. The molecule has 1 aromatic heterocycles. The predicted molar refractivity (Wildman–Crippen MR) is 56.5 cm³/mol. The second kappa shape index (κ2) is 4.81. The van der Waals surface area contributed by atoms with Gasteiger partial charge in [-0.25, -0.2) is 4.98 Å². The number of imide groups is 1. The minimum absolute atomic E-state index is 0.00880. The minimum Gasteiger partial charge on any atom is -0.298 e. The van der Waals surface area contributed by atoms with Gasteiger partial charge >= 0.3 is 6.55 Å². The maximum atomic E-state index is 12.5. The molecule has 0 aliphatic carbocycles. The molecule has 1 saturated heterocycles. The SMILES string of the molecule is CN1C(=O)CC(NCc2nccn2C(F)F)C1=O. The zero-order valence-electron chi connectivity index (χ0n) is 9.64. The smallest absolute Gasteiger partial charge is 0.298 e. The highest BCUT2D eigenvalue weighted by atomic mass is 19.3. The number of amides is 2. The van der Waals surface area contributed by atoms with Crippen molar-refractivity contribution in [2.75, 3.05) is 7.05 Å². The summed E-state index contributed by atoms with van der Waals surface area (Å²) in [6, 6.07) is -0.662. The highest BCUT2D eigenvalue weighted by molar-refractivity contribution is 6.05. The fourth-order valence-electron chi connectivity index (χ4n) is 1.79. The van der Waals surface area contributed by atoms with E-state index in [9.17, 15) is 18.4 Å². The van der Waals surface area contributed by atoms with Crippen LogP contribution in [-0.4, -0.2) is 39.4 Å². The van der Waals surface area contributed by atoms with E-state index in [0.29, 0.717) is 4.57 Å². The van der Waals surface area contributed by atoms with E-state index >= 15 is 0 Å². The van der Waals surface area contributed by atoms with E-state index in [1.54, 1.807) is 0 Å². The molecule has 0 saturated carbocycles. The van der Waals surface area contributed by atoms with Crippen LogP contribution in [-0.2, 0) is 16.1 Å². The molecular formula is C10H12F2N4O2. The second-order valence-corrected chi connectivity index (χ2v) is 3.96. The number of carbonyl (C=O) groups is 2. The Bertz CT molecular complexity index is 474. The number of likely N-dealkylation sites (N-methyl/N-ethyl adjacent to an activating group) is 1. The molecule has 1 aliphatic rings. The molecule has 2 heterocycles. The van der Waals surface area contributed by atoms with Crippen LogP contribution >= 0.6 is 0 Å². The summed E-state index contributed by atoms with van der Waals surface area (Å²) in [5, 5.41) is 2.76. The largest absolute Gasteiger partial charge is 0.319 e. The third kappa shape index (κ3) is 2.23. The maximum absolute atomic E-state index is 12.5. The number of likely N-dealkylation sites (tertiary alicyclic amines) is 1. The molecule has 0 spiro atoms. The van der Waals surface area contributed by atoms with E-state index in [0.717, 1.165) is 11.1 Å². The van der Waals surface area contributed by atoms with Crippen LogP contribution in [0.3, 0.4) is 0 Å². The lowest BCUT2D eigenvalue weighted by molar-refractivity contribution is -0.137. The summed E-state index contributed by atoms with van der Waals surface area (Å²) < 4.78 is 25.8. The Morgan fingerprint density at radius 2 is 2.28 bits per heavy atom. The van der Waals surface area contributed by atoms with Gasteiger partial charge in [0.2, 0.25) is 11.8 Å². The van der Waals surface area contributed by atoms with Crippen molar-refractivity contribution >= 4 is 11.8 Å². The normalized spacial score (nSPS) is 20.2. The second-order valence-electron chi connectivity index (χ2n) is 3.96. The van der Waals surface area contributed by atoms with Gasteiger partial charge < -0.3 is 0 Å². The number of carbonyl (C=O) groups excluding carboxylic acids is 2. The Morgan fingerprint density at radius 3 is 2.83 bits per heavy atom. The number of nitrogens with zero attached hydrogens (tertiary/aromatic N) is 3. The quantitative estimate of drug-likeness (QED) is 0.779. The Morgan fingerprint density at radius 1 is 1.56 bits per heavy atom. The fraction of sp³-hybridized carbons (Fsp3) is 0.500. The highest BCUT2D eigenvalue weighted by Gasteiger charge is 2.35. The minimum atomic E-state index is -2.67. The summed E-state index contributed by atoms with van der Waals surface area (Å²) in [5.74, 6) is -0.510. The lowest BCUT2D eigenvalue weighted by Gasteiger charge is -2.11. The third-order valence-corrected chi connectivity index (χ3v) is 2.85.